The topological polar surface area (TPSA) is 61.4 Å². The molecule has 2 rings (SSSR count). The van der Waals surface area contributed by atoms with Crippen LogP contribution in [0, 0.1) is 5.92 Å². The lowest BCUT2D eigenvalue weighted by Crippen LogP contribution is -2.46. The second-order valence-corrected chi connectivity index (χ2v) is 8.03. The van der Waals surface area contributed by atoms with Gasteiger partial charge in [-0.1, -0.05) is 6.92 Å². The standard InChI is InChI=1S/C14H25N3O2S2/c1-3-15-10-13-4-7-17(8-5-13)21(18,19)16-12(2)14-6-9-20-11-14/h6,9,11-13,15-16H,3-5,7-8,10H2,1-2H3. The van der Waals surface area contributed by atoms with E-state index in [1.165, 1.54) is 0 Å². The van der Waals surface area contributed by atoms with Crippen molar-refractivity contribution in [1.82, 2.24) is 14.3 Å². The first kappa shape index (κ1) is 16.9. The first-order valence-electron chi connectivity index (χ1n) is 7.53. The van der Waals surface area contributed by atoms with Gasteiger partial charge < -0.3 is 5.32 Å². The minimum absolute atomic E-state index is 0.180. The van der Waals surface area contributed by atoms with Gasteiger partial charge in [-0.05, 0) is 61.2 Å². The maximum Gasteiger partial charge on any atom is 0.279 e. The van der Waals surface area contributed by atoms with Crippen LogP contribution < -0.4 is 10.0 Å². The number of hydrogen-bond donors (Lipinski definition) is 2. The Bertz CT molecular complexity index is 508. The van der Waals surface area contributed by atoms with Gasteiger partial charge in [0.15, 0.2) is 0 Å². The van der Waals surface area contributed by atoms with Gasteiger partial charge >= 0.3 is 0 Å². The summed E-state index contributed by atoms with van der Waals surface area (Å²) in [7, 11) is -3.38. The summed E-state index contributed by atoms with van der Waals surface area (Å²) in [6, 6.07) is 1.78. The Morgan fingerprint density at radius 2 is 2.14 bits per heavy atom. The summed E-state index contributed by atoms with van der Waals surface area (Å²) in [5.41, 5.74) is 1.02. The third kappa shape index (κ3) is 4.75. The lowest BCUT2D eigenvalue weighted by molar-refractivity contribution is 0.265. The average Bonchev–Trinajstić information content (AvgIpc) is 2.99. The zero-order valence-corrected chi connectivity index (χ0v) is 14.3. The highest BCUT2D eigenvalue weighted by atomic mass is 32.2. The molecule has 7 heteroatoms. The SMILES string of the molecule is CCNCC1CCN(S(=O)(=O)NC(C)c2ccsc2)CC1. The van der Waals surface area contributed by atoms with Gasteiger partial charge in [0, 0.05) is 19.1 Å². The van der Waals surface area contributed by atoms with E-state index in [-0.39, 0.29) is 6.04 Å². The van der Waals surface area contributed by atoms with Crippen molar-refractivity contribution < 1.29 is 8.42 Å². The van der Waals surface area contributed by atoms with Gasteiger partial charge in [0.1, 0.15) is 0 Å². The Labute approximate surface area is 131 Å². The monoisotopic (exact) mass is 331 g/mol. The van der Waals surface area contributed by atoms with Crippen molar-refractivity contribution in [3.05, 3.63) is 22.4 Å². The fraction of sp³-hybridized carbons (Fsp3) is 0.714. The molecule has 1 aromatic rings. The van der Waals surface area contributed by atoms with Crippen LogP contribution in [0.25, 0.3) is 0 Å². The van der Waals surface area contributed by atoms with Crippen molar-refractivity contribution in [2.45, 2.75) is 32.7 Å². The predicted molar refractivity (Wildman–Crippen MR) is 87.6 cm³/mol. The van der Waals surface area contributed by atoms with Gasteiger partial charge in [0.2, 0.25) is 0 Å². The molecule has 1 aliphatic rings. The molecule has 0 spiro atoms. The van der Waals surface area contributed by atoms with Gasteiger partial charge in [-0.15, -0.1) is 0 Å². The third-order valence-electron chi connectivity index (χ3n) is 3.97. The van der Waals surface area contributed by atoms with Crippen LogP contribution >= 0.6 is 11.3 Å². The van der Waals surface area contributed by atoms with Gasteiger partial charge in [-0.2, -0.15) is 28.8 Å². The zero-order valence-electron chi connectivity index (χ0n) is 12.7. The molecule has 0 saturated carbocycles. The van der Waals surface area contributed by atoms with Crippen LogP contribution in [0.1, 0.15) is 38.3 Å². The number of hydrogen-bond acceptors (Lipinski definition) is 4. The van der Waals surface area contributed by atoms with Crippen LogP contribution in [-0.4, -0.2) is 38.9 Å². The molecule has 5 nitrogen and oxygen atoms in total. The number of nitrogens with one attached hydrogen (secondary N) is 2. The van der Waals surface area contributed by atoms with Crippen LogP contribution in [0.5, 0.6) is 0 Å². The normalized spacial score (nSPS) is 19.7. The first-order valence-corrected chi connectivity index (χ1v) is 9.91. The Hall–Kier alpha value is -0.470. The molecule has 1 atom stereocenters. The van der Waals surface area contributed by atoms with E-state index in [2.05, 4.69) is 17.0 Å². The number of thiophene rings is 1. The number of nitrogens with zero attached hydrogens (tertiary/aromatic N) is 1. The van der Waals surface area contributed by atoms with Gasteiger partial charge in [-0.25, -0.2) is 0 Å². The van der Waals surface area contributed by atoms with E-state index in [9.17, 15) is 8.42 Å². The molecular formula is C14H25N3O2S2. The van der Waals surface area contributed by atoms with E-state index in [0.717, 1.165) is 31.5 Å². The van der Waals surface area contributed by atoms with Gasteiger partial charge in [-0.3, -0.25) is 0 Å². The maximum absolute atomic E-state index is 12.4. The van der Waals surface area contributed by atoms with E-state index < -0.39 is 10.2 Å². The second-order valence-electron chi connectivity index (χ2n) is 5.55. The van der Waals surface area contributed by atoms with Crippen LogP contribution in [0.2, 0.25) is 0 Å². The minimum atomic E-state index is -3.38. The molecule has 1 aliphatic heterocycles. The molecule has 21 heavy (non-hydrogen) atoms. The fourth-order valence-electron chi connectivity index (χ4n) is 2.59. The quantitative estimate of drug-likeness (QED) is 0.803. The summed E-state index contributed by atoms with van der Waals surface area (Å²) in [4.78, 5) is 0. The largest absolute Gasteiger partial charge is 0.317 e. The lowest BCUT2D eigenvalue weighted by atomic mass is 9.98. The summed E-state index contributed by atoms with van der Waals surface area (Å²) in [5, 5.41) is 7.29. The molecule has 2 heterocycles. The Balaban J connectivity index is 1.86. The van der Waals surface area contributed by atoms with Crippen LogP contribution in [0.4, 0.5) is 0 Å². The smallest absolute Gasteiger partial charge is 0.279 e. The van der Waals surface area contributed by atoms with E-state index >= 15 is 0 Å². The summed E-state index contributed by atoms with van der Waals surface area (Å²) < 4.78 is 29.2. The summed E-state index contributed by atoms with van der Waals surface area (Å²) in [5.74, 6) is 0.589. The zero-order chi connectivity index (χ0) is 15.3. The summed E-state index contributed by atoms with van der Waals surface area (Å²) in [6.07, 6.45) is 1.86. The predicted octanol–water partition coefficient (Wildman–Crippen LogP) is 1.97. The van der Waals surface area contributed by atoms with Crippen molar-refractivity contribution in [3.8, 4) is 0 Å². The molecule has 0 aliphatic carbocycles. The second kappa shape index (κ2) is 7.69. The van der Waals surface area contributed by atoms with Crippen molar-refractivity contribution in [1.29, 1.82) is 0 Å². The molecule has 0 amide bonds. The molecular weight excluding hydrogens is 306 g/mol. The van der Waals surface area contributed by atoms with Crippen molar-refractivity contribution in [2.75, 3.05) is 26.2 Å². The Morgan fingerprint density at radius 3 is 2.71 bits per heavy atom. The van der Waals surface area contributed by atoms with Crippen molar-refractivity contribution in [3.63, 3.8) is 0 Å². The molecule has 1 fully saturated rings. The summed E-state index contributed by atoms with van der Waals surface area (Å²) in [6.45, 7) is 7.16. The Morgan fingerprint density at radius 1 is 1.43 bits per heavy atom. The first-order chi connectivity index (χ1) is 10.0. The number of rotatable bonds is 7. The van der Waals surface area contributed by atoms with Crippen molar-refractivity contribution in [2.24, 2.45) is 5.92 Å². The molecule has 1 saturated heterocycles. The highest BCUT2D eigenvalue weighted by Gasteiger charge is 2.29. The molecule has 1 unspecified atom stereocenters. The molecule has 0 bridgehead atoms. The minimum Gasteiger partial charge on any atom is -0.317 e. The van der Waals surface area contributed by atoms with E-state index in [1.54, 1.807) is 15.6 Å². The third-order valence-corrected chi connectivity index (χ3v) is 6.36. The molecule has 2 N–H and O–H groups in total. The molecule has 0 aromatic carbocycles. The molecule has 120 valence electrons. The van der Waals surface area contributed by atoms with Gasteiger partial charge in [0.25, 0.3) is 10.2 Å². The summed E-state index contributed by atoms with van der Waals surface area (Å²) >= 11 is 1.58. The fourth-order valence-corrected chi connectivity index (χ4v) is 4.77. The van der Waals surface area contributed by atoms with Crippen LogP contribution in [0.3, 0.4) is 0 Å². The van der Waals surface area contributed by atoms with E-state index in [4.69, 9.17) is 0 Å². The molecule has 0 radical (unpaired) electrons. The average molecular weight is 332 g/mol. The van der Waals surface area contributed by atoms with Crippen LogP contribution in [-0.2, 0) is 10.2 Å². The highest BCUT2D eigenvalue weighted by Crippen LogP contribution is 2.21. The maximum atomic E-state index is 12.4. The lowest BCUT2D eigenvalue weighted by Gasteiger charge is -2.32. The Kier molecular flexibility index (Phi) is 6.19. The van der Waals surface area contributed by atoms with Crippen LogP contribution in [0.15, 0.2) is 16.8 Å². The molecule has 1 aromatic heterocycles. The van der Waals surface area contributed by atoms with Gasteiger partial charge in [0.05, 0.1) is 0 Å². The van der Waals surface area contributed by atoms with E-state index in [1.807, 2.05) is 23.8 Å². The highest BCUT2D eigenvalue weighted by molar-refractivity contribution is 7.87. The number of piperidine rings is 1. The van der Waals surface area contributed by atoms with Crippen molar-refractivity contribution >= 4 is 21.5 Å². The van der Waals surface area contributed by atoms with E-state index in [0.29, 0.717) is 19.0 Å².